The van der Waals surface area contributed by atoms with E-state index in [-0.39, 0.29) is 10.8 Å². The van der Waals surface area contributed by atoms with E-state index in [1.807, 2.05) is 0 Å². The average molecular weight is 272 g/mol. The molecule has 0 aromatic heterocycles. The van der Waals surface area contributed by atoms with Crippen molar-refractivity contribution in [2.45, 2.75) is 26.7 Å². The van der Waals surface area contributed by atoms with E-state index in [0.29, 0.717) is 18.7 Å². The lowest BCUT2D eigenvalue weighted by molar-refractivity contribution is -0.120. The summed E-state index contributed by atoms with van der Waals surface area (Å²) in [5.74, 6) is 1.22. The highest BCUT2D eigenvalue weighted by Gasteiger charge is 2.56. The molecule has 0 radical (unpaired) electrons. The summed E-state index contributed by atoms with van der Waals surface area (Å²) in [4.78, 5) is 15.0. The van der Waals surface area contributed by atoms with Crippen LogP contribution in [-0.4, -0.2) is 37.4 Å². The second-order valence-electron chi connectivity index (χ2n) is 7.40. The Bertz CT molecular complexity index is 605. The molecule has 4 aliphatic rings. The molecule has 1 fully saturated rings. The molecule has 0 amide bonds. The number of Topliss-reactive ketones (excluding diaryl/α,β-unsaturated/α-hetero) is 1. The van der Waals surface area contributed by atoms with E-state index in [9.17, 15) is 4.79 Å². The fourth-order valence-corrected chi connectivity index (χ4v) is 4.29. The highest BCUT2D eigenvalue weighted by molar-refractivity contribution is 6.00. The Balaban J connectivity index is 1.84. The van der Waals surface area contributed by atoms with Gasteiger partial charge in [-0.15, -0.1) is 5.11 Å². The third-order valence-electron chi connectivity index (χ3n) is 4.97. The number of ketones is 1. The predicted octanol–water partition coefficient (Wildman–Crippen LogP) is 1.84. The smallest absolute Gasteiger partial charge is 0.162 e. The standard InChI is InChI=1S/C15H20N4O/c1-14(2)4-10-12(11(20)5-14)15(7-19(3)8-15)9-6-16-18-13(9)17-10/h17H,4-8H2,1-3H3. The number of carbonyl (C=O) groups excluding carboxylic acids is 1. The van der Waals surface area contributed by atoms with Gasteiger partial charge in [0.1, 0.15) is 0 Å². The fraction of sp³-hybridized carbons (Fsp3) is 0.667. The zero-order valence-corrected chi connectivity index (χ0v) is 12.3. The predicted molar refractivity (Wildman–Crippen MR) is 74.9 cm³/mol. The van der Waals surface area contributed by atoms with Gasteiger partial charge in [0.15, 0.2) is 11.6 Å². The topological polar surface area (TPSA) is 57.1 Å². The van der Waals surface area contributed by atoms with Gasteiger partial charge < -0.3 is 10.2 Å². The molecule has 0 bridgehead atoms. The molecule has 3 heterocycles. The van der Waals surface area contributed by atoms with Crippen LogP contribution in [0.4, 0.5) is 0 Å². The Morgan fingerprint density at radius 3 is 2.70 bits per heavy atom. The molecule has 0 aromatic rings. The molecule has 1 saturated heterocycles. The van der Waals surface area contributed by atoms with Crippen LogP contribution in [0, 0.1) is 10.8 Å². The van der Waals surface area contributed by atoms with Gasteiger partial charge in [0.05, 0.1) is 12.0 Å². The summed E-state index contributed by atoms with van der Waals surface area (Å²) in [6.45, 7) is 6.81. The second-order valence-corrected chi connectivity index (χ2v) is 7.40. The van der Waals surface area contributed by atoms with Gasteiger partial charge in [-0.1, -0.05) is 13.8 Å². The lowest BCUT2D eigenvalue weighted by Gasteiger charge is -2.54. The van der Waals surface area contributed by atoms with Crippen molar-refractivity contribution in [1.82, 2.24) is 10.2 Å². The summed E-state index contributed by atoms with van der Waals surface area (Å²) in [6, 6.07) is 0. The first-order chi connectivity index (χ1) is 9.41. The first kappa shape index (κ1) is 12.3. The number of nitrogens with one attached hydrogen (secondary N) is 1. The van der Waals surface area contributed by atoms with Crippen molar-refractivity contribution in [2.24, 2.45) is 21.1 Å². The second kappa shape index (κ2) is 3.58. The van der Waals surface area contributed by atoms with Crippen LogP contribution in [0.5, 0.6) is 0 Å². The molecule has 0 unspecified atom stereocenters. The number of nitrogens with zero attached hydrogens (tertiary/aromatic N) is 3. The first-order valence-electron chi connectivity index (χ1n) is 7.25. The van der Waals surface area contributed by atoms with Gasteiger partial charge in [-0.3, -0.25) is 4.79 Å². The van der Waals surface area contributed by atoms with E-state index < -0.39 is 0 Å². The minimum absolute atomic E-state index is 0.0353. The number of likely N-dealkylation sites (tertiary alicyclic amines) is 1. The Morgan fingerprint density at radius 1 is 1.25 bits per heavy atom. The van der Waals surface area contributed by atoms with E-state index in [1.165, 1.54) is 5.57 Å². The van der Waals surface area contributed by atoms with Gasteiger partial charge in [0.2, 0.25) is 0 Å². The SMILES string of the molecule is CN1CC2(C1)C1=C(N=NC1)NC1=C2C(=O)CC(C)(C)C1. The Morgan fingerprint density at radius 2 is 2.00 bits per heavy atom. The quantitative estimate of drug-likeness (QED) is 0.732. The molecular weight excluding hydrogens is 252 g/mol. The van der Waals surface area contributed by atoms with Crippen molar-refractivity contribution in [2.75, 3.05) is 26.7 Å². The summed E-state index contributed by atoms with van der Waals surface area (Å²) >= 11 is 0. The normalized spacial score (nSPS) is 30.2. The molecule has 0 aromatic carbocycles. The summed E-state index contributed by atoms with van der Waals surface area (Å²) < 4.78 is 0. The summed E-state index contributed by atoms with van der Waals surface area (Å²) in [7, 11) is 2.11. The van der Waals surface area contributed by atoms with Crippen LogP contribution in [0.2, 0.25) is 0 Å². The van der Waals surface area contributed by atoms with Gasteiger partial charge in [0.25, 0.3) is 0 Å². The van der Waals surface area contributed by atoms with Crippen molar-refractivity contribution in [3.05, 3.63) is 22.7 Å². The monoisotopic (exact) mass is 272 g/mol. The largest absolute Gasteiger partial charge is 0.342 e. The molecule has 3 aliphatic heterocycles. The van der Waals surface area contributed by atoms with Crippen LogP contribution in [0.3, 0.4) is 0 Å². The highest BCUT2D eigenvalue weighted by atomic mass is 16.1. The minimum atomic E-state index is -0.109. The number of dihydropyridines is 1. The van der Waals surface area contributed by atoms with E-state index in [0.717, 1.165) is 36.6 Å². The number of carbonyl (C=O) groups is 1. The van der Waals surface area contributed by atoms with Crippen LogP contribution in [0.25, 0.3) is 0 Å². The highest BCUT2D eigenvalue weighted by Crippen LogP contribution is 2.53. The molecule has 1 aliphatic carbocycles. The average Bonchev–Trinajstić information content (AvgIpc) is 2.72. The number of hydrogen-bond donors (Lipinski definition) is 1. The van der Waals surface area contributed by atoms with Gasteiger partial charge in [-0.25, -0.2) is 0 Å². The van der Waals surface area contributed by atoms with Gasteiger partial charge in [0, 0.05) is 36.4 Å². The number of hydrogen-bond acceptors (Lipinski definition) is 5. The van der Waals surface area contributed by atoms with E-state index in [2.05, 4.69) is 41.3 Å². The molecule has 106 valence electrons. The maximum absolute atomic E-state index is 12.7. The van der Waals surface area contributed by atoms with Gasteiger partial charge >= 0.3 is 0 Å². The summed E-state index contributed by atoms with van der Waals surface area (Å²) in [5.41, 5.74) is 3.28. The molecule has 5 nitrogen and oxygen atoms in total. The van der Waals surface area contributed by atoms with Crippen molar-refractivity contribution in [3.8, 4) is 0 Å². The molecule has 0 saturated carbocycles. The maximum atomic E-state index is 12.7. The first-order valence-corrected chi connectivity index (χ1v) is 7.25. The van der Waals surface area contributed by atoms with Crippen molar-refractivity contribution in [3.63, 3.8) is 0 Å². The zero-order chi connectivity index (χ0) is 14.1. The molecule has 1 spiro atoms. The van der Waals surface area contributed by atoms with Crippen LogP contribution < -0.4 is 5.32 Å². The Hall–Kier alpha value is -1.49. The van der Waals surface area contributed by atoms with E-state index in [1.54, 1.807) is 0 Å². The number of fused-ring (bicyclic) bond motifs is 2. The van der Waals surface area contributed by atoms with Gasteiger partial charge in [-0.2, -0.15) is 5.11 Å². The molecule has 5 heteroatoms. The zero-order valence-electron chi connectivity index (χ0n) is 12.3. The molecule has 20 heavy (non-hydrogen) atoms. The molecule has 0 atom stereocenters. The van der Waals surface area contributed by atoms with Crippen molar-refractivity contribution >= 4 is 5.78 Å². The third kappa shape index (κ3) is 1.44. The fourth-order valence-electron chi connectivity index (χ4n) is 4.29. The number of rotatable bonds is 0. The number of azo groups is 1. The lowest BCUT2D eigenvalue weighted by Crippen LogP contribution is -2.61. The summed E-state index contributed by atoms with van der Waals surface area (Å²) in [6.07, 6.45) is 1.57. The maximum Gasteiger partial charge on any atom is 0.162 e. The van der Waals surface area contributed by atoms with E-state index >= 15 is 0 Å². The van der Waals surface area contributed by atoms with Crippen LogP contribution in [-0.2, 0) is 4.79 Å². The van der Waals surface area contributed by atoms with Gasteiger partial charge in [-0.05, 0) is 18.9 Å². The van der Waals surface area contributed by atoms with Crippen molar-refractivity contribution < 1.29 is 4.79 Å². The Labute approximate surface area is 118 Å². The van der Waals surface area contributed by atoms with Crippen LogP contribution in [0.1, 0.15) is 26.7 Å². The Kier molecular flexibility index (Phi) is 2.20. The minimum Gasteiger partial charge on any atom is -0.342 e. The molecule has 1 N–H and O–H groups in total. The molecule has 4 rings (SSSR count). The number of allylic oxidation sites excluding steroid dienone is 1. The van der Waals surface area contributed by atoms with Crippen LogP contribution >= 0.6 is 0 Å². The third-order valence-corrected chi connectivity index (χ3v) is 4.97. The summed E-state index contributed by atoms with van der Waals surface area (Å²) in [5, 5.41) is 11.8. The lowest BCUT2D eigenvalue weighted by atomic mass is 9.60. The van der Waals surface area contributed by atoms with Crippen LogP contribution in [0.15, 0.2) is 32.9 Å². The molecular formula is C15H20N4O. The van der Waals surface area contributed by atoms with Crippen molar-refractivity contribution in [1.29, 1.82) is 0 Å². The van der Waals surface area contributed by atoms with E-state index in [4.69, 9.17) is 0 Å².